The van der Waals surface area contributed by atoms with Crippen LogP contribution in [0.1, 0.15) is 15.9 Å². The molecule has 0 saturated carbocycles. The molecule has 2 aromatic rings. The van der Waals surface area contributed by atoms with Gasteiger partial charge < -0.3 is 5.32 Å². The fourth-order valence-electron chi connectivity index (χ4n) is 1.74. The molecule has 120 valence electrons. The van der Waals surface area contributed by atoms with Crippen molar-refractivity contribution in [3.63, 3.8) is 0 Å². The van der Waals surface area contributed by atoms with E-state index in [4.69, 9.17) is 0 Å². The lowest BCUT2D eigenvalue weighted by Gasteiger charge is -2.09. The van der Waals surface area contributed by atoms with Gasteiger partial charge in [-0.15, -0.1) is 0 Å². The average molecular weight is 389 g/mol. The van der Waals surface area contributed by atoms with E-state index in [2.05, 4.69) is 21.2 Å². The third-order valence-electron chi connectivity index (χ3n) is 2.88. The van der Waals surface area contributed by atoms with Crippen LogP contribution in [0.25, 0.3) is 0 Å². The molecule has 0 heterocycles. The van der Waals surface area contributed by atoms with E-state index < -0.39 is 22.6 Å². The summed E-state index contributed by atoms with van der Waals surface area (Å²) in [6, 6.07) is 7.65. The summed E-state index contributed by atoms with van der Waals surface area (Å²) in [5.41, 5.74) is -0.965. The van der Waals surface area contributed by atoms with Crippen molar-refractivity contribution in [2.45, 2.75) is 6.18 Å². The largest absolute Gasteiger partial charge is 0.416 e. The Morgan fingerprint density at radius 1 is 1.13 bits per heavy atom. The van der Waals surface area contributed by atoms with E-state index in [0.717, 1.165) is 30.3 Å². The Morgan fingerprint density at radius 3 is 2.26 bits per heavy atom. The van der Waals surface area contributed by atoms with Crippen molar-refractivity contribution < 1.29 is 22.9 Å². The number of hydrogen-bond acceptors (Lipinski definition) is 3. The summed E-state index contributed by atoms with van der Waals surface area (Å²) in [4.78, 5) is 22.2. The molecule has 1 N–H and O–H groups in total. The predicted octanol–water partition coefficient (Wildman–Crippen LogP) is 4.63. The van der Waals surface area contributed by atoms with Gasteiger partial charge in [0.15, 0.2) is 0 Å². The van der Waals surface area contributed by atoms with E-state index in [1.165, 1.54) is 12.1 Å². The van der Waals surface area contributed by atoms with Crippen LogP contribution in [-0.2, 0) is 6.18 Å². The number of nitro groups is 1. The second-order valence-electron chi connectivity index (χ2n) is 4.45. The average Bonchev–Trinajstić information content (AvgIpc) is 2.47. The molecule has 2 aromatic carbocycles. The number of rotatable bonds is 3. The Labute approximate surface area is 136 Å². The first-order valence-electron chi connectivity index (χ1n) is 6.11. The molecule has 2 rings (SSSR count). The topological polar surface area (TPSA) is 72.2 Å². The van der Waals surface area contributed by atoms with Gasteiger partial charge in [0.1, 0.15) is 0 Å². The number of carbonyl (C=O) groups excluding carboxylic acids is 1. The van der Waals surface area contributed by atoms with Crippen LogP contribution in [0.2, 0.25) is 0 Å². The predicted molar refractivity (Wildman–Crippen MR) is 80.2 cm³/mol. The van der Waals surface area contributed by atoms with E-state index in [0.29, 0.717) is 0 Å². The number of amides is 1. The molecule has 9 heteroatoms. The van der Waals surface area contributed by atoms with Crippen LogP contribution in [-0.4, -0.2) is 10.8 Å². The van der Waals surface area contributed by atoms with Crippen molar-refractivity contribution in [3.8, 4) is 0 Å². The first kappa shape index (κ1) is 16.9. The first-order chi connectivity index (χ1) is 10.7. The van der Waals surface area contributed by atoms with Crippen LogP contribution in [0.4, 0.5) is 24.5 Å². The van der Waals surface area contributed by atoms with E-state index in [9.17, 15) is 28.1 Å². The van der Waals surface area contributed by atoms with Gasteiger partial charge in [-0.3, -0.25) is 14.9 Å². The number of halogens is 4. The number of carbonyl (C=O) groups is 1. The molecule has 23 heavy (non-hydrogen) atoms. The van der Waals surface area contributed by atoms with Gasteiger partial charge in [-0.05, 0) is 52.3 Å². The Morgan fingerprint density at radius 2 is 1.74 bits per heavy atom. The van der Waals surface area contributed by atoms with E-state index in [-0.39, 0.29) is 21.4 Å². The monoisotopic (exact) mass is 388 g/mol. The molecule has 0 fully saturated rings. The second kappa shape index (κ2) is 6.37. The number of nitrogens with zero attached hydrogens (tertiary/aromatic N) is 1. The smallest absolute Gasteiger partial charge is 0.322 e. The summed E-state index contributed by atoms with van der Waals surface area (Å²) in [5, 5.41) is 13.2. The number of anilines is 1. The molecular formula is C14H8BrF3N2O3. The maximum Gasteiger partial charge on any atom is 0.416 e. The summed E-state index contributed by atoms with van der Waals surface area (Å²) in [5.74, 6) is -0.666. The van der Waals surface area contributed by atoms with Gasteiger partial charge in [0.2, 0.25) is 0 Å². The fraction of sp³-hybridized carbons (Fsp3) is 0.0714. The molecule has 0 saturated heterocycles. The van der Waals surface area contributed by atoms with Crippen LogP contribution in [0.3, 0.4) is 0 Å². The quantitative estimate of drug-likeness (QED) is 0.615. The zero-order valence-electron chi connectivity index (χ0n) is 11.2. The number of benzene rings is 2. The molecule has 0 aliphatic carbocycles. The Balaban J connectivity index is 2.19. The van der Waals surface area contributed by atoms with Gasteiger partial charge in [0.05, 0.1) is 15.0 Å². The molecular weight excluding hydrogens is 381 g/mol. The molecule has 0 bridgehead atoms. The molecule has 0 unspecified atom stereocenters. The number of nitrogens with one attached hydrogen (secondary N) is 1. The molecule has 0 aliphatic heterocycles. The summed E-state index contributed by atoms with van der Waals surface area (Å²) in [7, 11) is 0. The van der Waals surface area contributed by atoms with Gasteiger partial charge >= 0.3 is 6.18 Å². The third-order valence-corrected chi connectivity index (χ3v) is 3.55. The maximum absolute atomic E-state index is 12.4. The van der Waals surface area contributed by atoms with E-state index >= 15 is 0 Å². The second-order valence-corrected chi connectivity index (χ2v) is 5.31. The molecule has 0 aromatic heterocycles. The molecule has 0 radical (unpaired) electrons. The highest BCUT2D eigenvalue weighted by atomic mass is 79.9. The minimum atomic E-state index is -4.46. The molecule has 5 nitrogen and oxygen atoms in total. The fourth-order valence-corrected chi connectivity index (χ4v) is 2.13. The minimum absolute atomic E-state index is 0.0137. The number of nitro benzene ring substituents is 1. The third kappa shape index (κ3) is 4.07. The van der Waals surface area contributed by atoms with Crippen molar-refractivity contribution in [2.75, 3.05) is 5.32 Å². The Bertz CT molecular complexity index is 761. The van der Waals surface area contributed by atoms with Crippen LogP contribution < -0.4 is 5.32 Å². The van der Waals surface area contributed by atoms with Crippen molar-refractivity contribution in [1.82, 2.24) is 0 Å². The highest BCUT2D eigenvalue weighted by molar-refractivity contribution is 9.10. The van der Waals surface area contributed by atoms with Crippen LogP contribution in [0, 0.1) is 10.1 Å². The molecule has 0 aliphatic rings. The van der Waals surface area contributed by atoms with Crippen molar-refractivity contribution in [2.24, 2.45) is 0 Å². The highest BCUT2D eigenvalue weighted by Crippen LogP contribution is 2.30. The number of alkyl halides is 3. The lowest BCUT2D eigenvalue weighted by atomic mass is 10.1. The molecule has 0 atom stereocenters. The lowest BCUT2D eigenvalue weighted by molar-refractivity contribution is -0.385. The Hall–Kier alpha value is -2.42. The number of hydrogen-bond donors (Lipinski definition) is 1. The first-order valence-corrected chi connectivity index (χ1v) is 6.90. The normalized spacial score (nSPS) is 11.1. The maximum atomic E-state index is 12.4. The van der Waals surface area contributed by atoms with Crippen molar-refractivity contribution in [1.29, 1.82) is 0 Å². The van der Waals surface area contributed by atoms with Crippen LogP contribution in [0.5, 0.6) is 0 Å². The minimum Gasteiger partial charge on any atom is -0.322 e. The van der Waals surface area contributed by atoms with E-state index in [1.54, 1.807) is 0 Å². The van der Waals surface area contributed by atoms with Crippen LogP contribution in [0.15, 0.2) is 46.9 Å². The van der Waals surface area contributed by atoms with Crippen molar-refractivity contribution in [3.05, 3.63) is 68.2 Å². The summed E-state index contributed by atoms with van der Waals surface area (Å²) >= 11 is 2.99. The highest BCUT2D eigenvalue weighted by Gasteiger charge is 2.30. The van der Waals surface area contributed by atoms with Gasteiger partial charge in [0.25, 0.3) is 11.6 Å². The van der Waals surface area contributed by atoms with Gasteiger partial charge in [-0.25, -0.2) is 0 Å². The zero-order chi connectivity index (χ0) is 17.2. The summed E-state index contributed by atoms with van der Waals surface area (Å²) in [6.45, 7) is 0. The van der Waals surface area contributed by atoms with Gasteiger partial charge in [-0.1, -0.05) is 0 Å². The standard InChI is InChI=1S/C14H8BrF3N2O3/c15-11-6-1-8(7-12(11)20(22)23)13(21)19-10-4-2-9(3-5-10)14(16,17)18/h1-7H,(H,19,21). The van der Waals surface area contributed by atoms with E-state index in [1.807, 2.05) is 0 Å². The molecule has 1 amide bonds. The van der Waals surface area contributed by atoms with Crippen molar-refractivity contribution >= 4 is 33.2 Å². The Kier molecular flexibility index (Phi) is 4.69. The SMILES string of the molecule is O=C(Nc1ccc(C(F)(F)F)cc1)c1ccc(Br)c([N+](=O)[O-])c1. The lowest BCUT2D eigenvalue weighted by Crippen LogP contribution is -2.12. The van der Waals surface area contributed by atoms with Gasteiger partial charge in [-0.2, -0.15) is 13.2 Å². The molecule has 0 spiro atoms. The zero-order valence-corrected chi connectivity index (χ0v) is 12.8. The summed E-state index contributed by atoms with van der Waals surface area (Å²) < 4.78 is 37.6. The van der Waals surface area contributed by atoms with Crippen LogP contribution >= 0.6 is 15.9 Å². The van der Waals surface area contributed by atoms with Gasteiger partial charge in [0, 0.05) is 17.3 Å². The summed E-state index contributed by atoms with van der Waals surface area (Å²) in [6.07, 6.45) is -4.46.